The van der Waals surface area contributed by atoms with Crippen LogP contribution in [-0.4, -0.2) is 24.4 Å². The predicted molar refractivity (Wildman–Crippen MR) is 96.5 cm³/mol. The van der Waals surface area contributed by atoms with Crippen molar-refractivity contribution in [2.45, 2.75) is 86.2 Å². The molecule has 0 bridgehead atoms. The van der Waals surface area contributed by atoms with Gasteiger partial charge in [-0.15, -0.1) is 6.58 Å². The van der Waals surface area contributed by atoms with Crippen molar-refractivity contribution in [3.8, 4) is 0 Å². The van der Waals surface area contributed by atoms with Gasteiger partial charge in [-0.25, -0.2) is 0 Å². The molecule has 0 N–H and O–H groups in total. The van der Waals surface area contributed by atoms with Crippen LogP contribution in [0.3, 0.4) is 0 Å². The Kier molecular flexibility index (Phi) is 8.28. The lowest BCUT2D eigenvalue weighted by atomic mass is 9.66. The van der Waals surface area contributed by atoms with Crippen LogP contribution in [0.2, 0.25) is 0 Å². The molecule has 0 radical (unpaired) electrons. The zero-order valence-corrected chi connectivity index (χ0v) is 17.6. The van der Waals surface area contributed by atoms with E-state index in [2.05, 4.69) is 11.3 Å². The van der Waals surface area contributed by atoms with Crippen LogP contribution in [-0.2, 0) is 9.53 Å². The van der Waals surface area contributed by atoms with Gasteiger partial charge in [0.25, 0.3) is 6.10 Å². The minimum Gasteiger partial charge on any atom is -0.443 e. The number of alkyl halides is 6. The molecule has 0 aliphatic carbocycles. The third-order valence-electron chi connectivity index (χ3n) is 4.61. The SMILES string of the molecule is C=CC(C)(CCC(C)(C)C)C(CC(C)(C)C)C(=O)OC(C(F)(F)F)C(F)(F)F. The minimum absolute atomic E-state index is 0.0565. The molecular formula is C20H32F6O2. The first-order chi connectivity index (χ1) is 12.1. The molecule has 2 nitrogen and oxygen atoms in total. The second kappa shape index (κ2) is 8.66. The van der Waals surface area contributed by atoms with Gasteiger partial charge in [0, 0.05) is 0 Å². The van der Waals surface area contributed by atoms with Crippen LogP contribution in [0, 0.1) is 22.2 Å². The molecule has 0 fully saturated rings. The van der Waals surface area contributed by atoms with Crippen LogP contribution >= 0.6 is 0 Å². The molecule has 0 aliphatic rings. The molecule has 0 aliphatic heterocycles. The van der Waals surface area contributed by atoms with Crippen molar-refractivity contribution in [2.24, 2.45) is 22.2 Å². The summed E-state index contributed by atoms with van der Waals surface area (Å²) in [6.45, 7) is 16.4. The van der Waals surface area contributed by atoms with Crippen LogP contribution in [0.15, 0.2) is 12.7 Å². The number of allylic oxidation sites excluding steroid dienone is 1. The predicted octanol–water partition coefficient (Wildman–Crippen LogP) is 7.09. The van der Waals surface area contributed by atoms with Crippen molar-refractivity contribution >= 4 is 5.97 Å². The van der Waals surface area contributed by atoms with Gasteiger partial charge in [0.15, 0.2) is 0 Å². The number of carbonyl (C=O) groups excluding carboxylic acids is 1. The highest BCUT2D eigenvalue weighted by Crippen LogP contribution is 2.45. The van der Waals surface area contributed by atoms with Crippen molar-refractivity contribution in [1.82, 2.24) is 0 Å². The minimum atomic E-state index is -5.74. The summed E-state index contributed by atoms with van der Waals surface area (Å²) in [5.74, 6) is -2.70. The number of rotatable bonds is 7. The Morgan fingerprint density at radius 3 is 1.57 bits per heavy atom. The maximum atomic E-state index is 12.8. The Bertz CT molecular complexity index is 523. The van der Waals surface area contributed by atoms with Gasteiger partial charge < -0.3 is 4.74 Å². The molecule has 2 unspecified atom stereocenters. The molecule has 0 saturated heterocycles. The first-order valence-corrected chi connectivity index (χ1v) is 9.10. The van der Waals surface area contributed by atoms with E-state index < -0.39 is 41.2 Å². The zero-order chi connectivity index (χ0) is 22.8. The third-order valence-corrected chi connectivity index (χ3v) is 4.61. The van der Waals surface area contributed by atoms with E-state index >= 15 is 0 Å². The van der Waals surface area contributed by atoms with Crippen molar-refractivity contribution in [3.63, 3.8) is 0 Å². The summed E-state index contributed by atoms with van der Waals surface area (Å²) in [6, 6.07) is 0. The van der Waals surface area contributed by atoms with E-state index in [9.17, 15) is 31.1 Å². The van der Waals surface area contributed by atoms with Crippen LogP contribution in [0.4, 0.5) is 26.3 Å². The highest BCUT2D eigenvalue weighted by Gasteiger charge is 2.60. The fourth-order valence-electron chi connectivity index (χ4n) is 2.78. The Morgan fingerprint density at radius 1 is 0.857 bits per heavy atom. The van der Waals surface area contributed by atoms with Gasteiger partial charge >= 0.3 is 18.3 Å². The molecule has 0 saturated carbocycles. The summed E-state index contributed by atoms with van der Waals surface area (Å²) in [5, 5.41) is 0. The van der Waals surface area contributed by atoms with Gasteiger partial charge in [-0.1, -0.05) is 54.5 Å². The van der Waals surface area contributed by atoms with Crippen molar-refractivity contribution in [3.05, 3.63) is 12.7 Å². The number of esters is 1. The first kappa shape index (κ1) is 26.8. The lowest BCUT2D eigenvalue weighted by molar-refractivity contribution is -0.315. The largest absolute Gasteiger partial charge is 0.443 e. The topological polar surface area (TPSA) is 26.3 Å². The summed E-state index contributed by atoms with van der Waals surface area (Å²) in [4.78, 5) is 12.6. The Balaban J connectivity index is 5.94. The molecule has 0 rings (SSSR count). The Morgan fingerprint density at radius 2 is 1.29 bits per heavy atom. The lowest BCUT2D eigenvalue weighted by Gasteiger charge is -2.39. The number of carbonyl (C=O) groups is 1. The molecule has 0 aromatic heterocycles. The zero-order valence-electron chi connectivity index (χ0n) is 17.6. The summed E-state index contributed by atoms with van der Waals surface area (Å²) in [7, 11) is 0. The van der Waals surface area contributed by atoms with Crippen LogP contribution in [0.1, 0.15) is 67.7 Å². The summed E-state index contributed by atoms with van der Waals surface area (Å²) in [5.41, 5.74) is -1.68. The van der Waals surface area contributed by atoms with E-state index in [1.807, 2.05) is 20.8 Å². The fraction of sp³-hybridized carbons (Fsp3) is 0.850. The Labute approximate surface area is 163 Å². The maximum absolute atomic E-state index is 12.8. The maximum Gasteiger partial charge on any atom is 0.434 e. The molecule has 2 atom stereocenters. The molecule has 28 heavy (non-hydrogen) atoms. The normalized spacial score (nSPS) is 17.2. The molecule has 0 amide bonds. The second-order valence-electron chi connectivity index (χ2n) is 9.99. The van der Waals surface area contributed by atoms with Crippen LogP contribution in [0.25, 0.3) is 0 Å². The van der Waals surface area contributed by atoms with Gasteiger partial charge in [-0.3, -0.25) is 4.79 Å². The van der Waals surface area contributed by atoms with E-state index in [1.54, 1.807) is 27.7 Å². The van der Waals surface area contributed by atoms with E-state index in [0.29, 0.717) is 12.8 Å². The standard InChI is InChI=1S/C20H32F6O2/c1-9-18(8,11-10-16(2,3)4)13(12-17(5,6)7)14(27)28-15(19(21,22)23)20(24,25)26/h9,13,15H,1,10-12H2,2-8H3. The van der Waals surface area contributed by atoms with E-state index in [1.165, 1.54) is 6.08 Å². The van der Waals surface area contributed by atoms with Gasteiger partial charge in [0.1, 0.15) is 0 Å². The van der Waals surface area contributed by atoms with Gasteiger partial charge in [-0.05, 0) is 35.5 Å². The third kappa shape index (κ3) is 8.86. The van der Waals surface area contributed by atoms with Crippen LogP contribution in [0.5, 0.6) is 0 Å². The van der Waals surface area contributed by atoms with Crippen molar-refractivity contribution in [1.29, 1.82) is 0 Å². The lowest BCUT2D eigenvalue weighted by Crippen LogP contribution is -2.48. The second-order valence-corrected chi connectivity index (χ2v) is 9.99. The van der Waals surface area contributed by atoms with Crippen LogP contribution < -0.4 is 0 Å². The van der Waals surface area contributed by atoms with Crippen molar-refractivity contribution < 1.29 is 35.9 Å². The summed E-state index contributed by atoms with van der Waals surface area (Å²) in [6.07, 6.45) is -13.2. The number of hydrogen-bond acceptors (Lipinski definition) is 2. The molecule has 166 valence electrons. The first-order valence-electron chi connectivity index (χ1n) is 9.10. The van der Waals surface area contributed by atoms with Gasteiger partial charge in [0.05, 0.1) is 5.92 Å². The number of halogens is 6. The monoisotopic (exact) mass is 418 g/mol. The van der Waals surface area contributed by atoms with Gasteiger partial charge in [0.2, 0.25) is 0 Å². The molecule has 8 heteroatoms. The fourth-order valence-corrected chi connectivity index (χ4v) is 2.78. The van der Waals surface area contributed by atoms with E-state index in [-0.39, 0.29) is 11.8 Å². The highest BCUT2D eigenvalue weighted by molar-refractivity contribution is 5.74. The quantitative estimate of drug-likeness (QED) is 0.251. The summed E-state index contributed by atoms with van der Waals surface area (Å²) < 4.78 is 81.1. The number of ether oxygens (including phenoxy) is 1. The molecule has 0 aromatic carbocycles. The highest BCUT2D eigenvalue weighted by atomic mass is 19.4. The molecule has 0 heterocycles. The summed E-state index contributed by atoms with van der Waals surface area (Å²) >= 11 is 0. The van der Waals surface area contributed by atoms with Crippen molar-refractivity contribution in [2.75, 3.05) is 0 Å². The molecule has 0 aromatic rings. The Hall–Kier alpha value is -1.21. The molecule has 0 spiro atoms. The smallest absolute Gasteiger partial charge is 0.434 e. The average molecular weight is 418 g/mol. The van der Waals surface area contributed by atoms with Gasteiger partial charge in [-0.2, -0.15) is 26.3 Å². The van der Waals surface area contributed by atoms with E-state index in [0.717, 1.165) is 0 Å². The molecular weight excluding hydrogens is 386 g/mol. The average Bonchev–Trinajstić information content (AvgIpc) is 2.43. The number of hydrogen-bond donors (Lipinski definition) is 0. The van der Waals surface area contributed by atoms with E-state index in [4.69, 9.17) is 0 Å².